The van der Waals surface area contributed by atoms with Gasteiger partial charge in [-0.15, -0.1) is 0 Å². The Kier molecular flexibility index (Phi) is 5.16. The van der Waals surface area contributed by atoms with Crippen LogP contribution in [-0.4, -0.2) is 77.4 Å². The van der Waals surface area contributed by atoms with Gasteiger partial charge in [-0.05, 0) is 27.2 Å². The Bertz CT molecular complexity index is 429. The van der Waals surface area contributed by atoms with E-state index in [1.165, 1.54) is 0 Å². The number of rotatable bonds is 3. The first-order chi connectivity index (χ1) is 10.3. The van der Waals surface area contributed by atoms with E-state index in [1.807, 2.05) is 27.7 Å². The summed E-state index contributed by atoms with van der Waals surface area (Å²) in [6.45, 7) is 10.4. The zero-order chi connectivity index (χ0) is 16.3. The normalized spacial score (nSPS) is 23.0. The summed E-state index contributed by atoms with van der Waals surface area (Å²) in [4.78, 5) is 20.6. The topological polar surface area (TPSA) is 77.4 Å². The first kappa shape index (κ1) is 16.9. The van der Waals surface area contributed by atoms with Gasteiger partial charge in [-0.1, -0.05) is 6.92 Å². The van der Waals surface area contributed by atoms with E-state index in [-0.39, 0.29) is 24.8 Å². The summed E-state index contributed by atoms with van der Waals surface area (Å²) in [5.41, 5.74) is -0.470. The molecule has 0 aromatic heterocycles. The minimum Gasteiger partial charge on any atom is -0.444 e. The first-order valence-corrected chi connectivity index (χ1v) is 8.00. The Balaban J connectivity index is 1.89. The molecule has 1 saturated heterocycles. The monoisotopic (exact) mass is 312 g/mol. The molecule has 126 valence electrons. The molecule has 0 saturated carbocycles. The van der Waals surface area contributed by atoms with Gasteiger partial charge in [0.05, 0.1) is 25.2 Å². The number of carbonyl (C=O) groups excluding carboxylic acids is 1. The molecular formula is C15H28N4O3. The van der Waals surface area contributed by atoms with E-state index in [1.54, 1.807) is 4.90 Å². The molecule has 1 unspecified atom stereocenters. The average Bonchev–Trinajstić information content (AvgIpc) is 2.85. The number of ether oxygens (including phenoxy) is 1. The van der Waals surface area contributed by atoms with Crippen molar-refractivity contribution in [3.05, 3.63) is 0 Å². The van der Waals surface area contributed by atoms with Gasteiger partial charge in [0.15, 0.2) is 5.96 Å². The summed E-state index contributed by atoms with van der Waals surface area (Å²) < 4.78 is 5.43. The predicted molar refractivity (Wildman–Crippen MR) is 84.9 cm³/mol. The van der Waals surface area contributed by atoms with E-state index in [2.05, 4.69) is 15.2 Å². The summed E-state index contributed by atoms with van der Waals surface area (Å²) >= 11 is 0. The number of fused-ring (bicyclic) bond motifs is 1. The Hall–Kier alpha value is -1.50. The zero-order valence-corrected chi connectivity index (χ0v) is 14.0. The van der Waals surface area contributed by atoms with E-state index in [9.17, 15) is 9.90 Å². The smallest absolute Gasteiger partial charge is 0.410 e. The van der Waals surface area contributed by atoms with E-state index >= 15 is 0 Å². The molecule has 0 aliphatic carbocycles. The zero-order valence-electron chi connectivity index (χ0n) is 14.0. The molecule has 1 fully saturated rings. The van der Waals surface area contributed by atoms with Crippen molar-refractivity contribution in [3.63, 3.8) is 0 Å². The summed E-state index contributed by atoms with van der Waals surface area (Å²) in [6.07, 6.45) is 0.591. The van der Waals surface area contributed by atoms with Gasteiger partial charge < -0.3 is 25.0 Å². The molecule has 0 aromatic carbocycles. The van der Waals surface area contributed by atoms with Crippen molar-refractivity contribution >= 4 is 12.1 Å². The molecule has 0 aromatic rings. The highest BCUT2D eigenvalue weighted by Crippen LogP contribution is 2.18. The fourth-order valence-electron chi connectivity index (χ4n) is 2.65. The van der Waals surface area contributed by atoms with E-state index < -0.39 is 5.60 Å². The van der Waals surface area contributed by atoms with Gasteiger partial charge in [0.2, 0.25) is 0 Å². The lowest BCUT2D eigenvalue weighted by atomic mass is 10.2. The Morgan fingerprint density at radius 1 is 1.50 bits per heavy atom. The van der Waals surface area contributed by atoms with Crippen LogP contribution in [0.5, 0.6) is 0 Å². The van der Waals surface area contributed by atoms with Crippen LogP contribution in [0.4, 0.5) is 4.79 Å². The molecule has 22 heavy (non-hydrogen) atoms. The molecule has 1 amide bonds. The second-order valence-electron chi connectivity index (χ2n) is 6.87. The van der Waals surface area contributed by atoms with Gasteiger partial charge >= 0.3 is 6.09 Å². The van der Waals surface area contributed by atoms with E-state index in [0.717, 1.165) is 18.9 Å². The van der Waals surface area contributed by atoms with Crippen LogP contribution in [0.3, 0.4) is 0 Å². The minimum atomic E-state index is -0.470. The van der Waals surface area contributed by atoms with E-state index in [4.69, 9.17) is 4.74 Å². The van der Waals surface area contributed by atoms with Crippen LogP contribution in [-0.2, 0) is 4.74 Å². The van der Waals surface area contributed by atoms with Crippen molar-refractivity contribution in [1.82, 2.24) is 15.1 Å². The largest absolute Gasteiger partial charge is 0.444 e. The summed E-state index contributed by atoms with van der Waals surface area (Å²) in [5, 5.41) is 12.6. The van der Waals surface area contributed by atoms with Crippen LogP contribution < -0.4 is 5.32 Å². The SMILES string of the molecule is CC[C@H](CO)NC1=NCC2CN(C(=O)OC(C)(C)C)CCN12. The number of nitrogens with zero attached hydrogens (tertiary/aromatic N) is 3. The maximum Gasteiger partial charge on any atom is 0.410 e. The minimum absolute atomic E-state index is 0.0291. The molecule has 0 bridgehead atoms. The maximum absolute atomic E-state index is 12.2. The van der Waals surface area contributed by atoms with Gasteiger partial charge in [-0.2, -0.15) is 0 Å². The number of aliphatic imine (C=N–C) groups is 1. The summed E-state index contributed by atoms with van der Waals surface area (Å²) in [7, 11) is 0. The van der Waals surface area contributed by atoms with Gasteiger partial charge in [-0.3, -0.25) is 4.99 Å². The molecule has 7 nitrogen and oxygen atoms in total. The summed E-state index contributed by atoms with van der Waals surface area (Å²) in [6, 6.07) is 0.223. The molecule has 2 heterocycles. The maximum atomic E-state index is 12.2. The highest BCUT2D eigenvalue weighted by molar-refractivity contribution is 5.83. The number of guanidine groups is 1. The lowest BCUT2D eigenvalue weighted by Gasteiger charge is -2.39. The standard InChI is InChI=1S/C15H28N4O3/c1-5-11(10-20)17-13-16-8-12-9-18(6-7-19(12)13)14(21)22-15(2,3)4/h11-12,20H,5-10H2,1-4H3,(H,16,17)/t11-,12?/m1/s1. The average molecular weight is 312 g/mol. The molecule has 0 radical (unpaired) electrons. The number of carbonyl (C=O) groups is 1. The summed E-state index contributed by atoms with van der Waals surface area (Å²) in [5.74, 6) is 0.842. The van der Waals surface area contributed by atoms with E-state index in [0.29, 0.717) is 19.6 Å². The third-order valence-electron chi connectivity index (χ3n) is 3.90. The van der Waals surface area contributed by atoms with Crippen molar-refractivity contribution < 1.29 is 14.6 Å². The quantitative estimate of drug-likeness (QED) is 0.799. The molecule has 2 rings (SSSR count). The molecule has 2 aliphatic rings. The van der Waals surface area contributed by atoms with Crippen LogP contribution in [0.2, 0.25) is 0 Å². The Labute approximate surface area is 132 Å². The third-order valence-corrected chi connectivity index (χ3v) is 3.90. The number of nitrogens with one attached hydrogen (secondary N) is 1. The predicted octanol–water partition coefficient (Wildman–Crippen LogP) is 0.638. The van der Waals surface area contributed by atoms with Crippen LogP contribution in [0.25, 0.3) is 0 Å². The first-order valence-electron chi connectivity index (χ1n) is 8.00. The number of aliphatic hydroxyl groups excluding tert-OH is 1. The van der Waals surface area contributed by atoms with Gasteiger partial charge in [0.25, 0.3) is 0 Å². The lowest BCUT2D eigenvalue weighted by molar-refractivity contribution is 0.0137. The van der Waals surface area contributed by atoms with Crippen LogP contribution in [0, 0.1) is 0 Å². The van der Waals surface area contributed by atoms with Crippen LogP contribution in [0.15, 0.2) is 4.99 Å². The fraction of sp³-hybridized carbons (Fsp3) is 0.867. The highest BCUT2D eigenvalue weighted by Gasteiger charge is 2.36. The van der Waals surface area contributed by atoms with Crippen molar-refractivity contribution in [3.8, 4) is 0 Å². The number of aliphatic hydroxyl groups is 1. The van der Waals surface area contributed by atoms with Crippen molar-refractivity contribution in [2.45, 2.75) is 51.8 Å². The van der Waals surface area contributed by atoms with Crippen LogP contribution >= 0.6 is 0 Å². The molecule has 0 spiro atoms. The van der Waals surface area contributed by atoms with Crippen molar-refractivity contribution in [1.29, 1.82) is 0 Å². The number of hydrogen-bond acceptors (Lipinski definition) is 6. The molecule has 2 aliphatic heterocycles. The van der Waals surface area contributed by atoms with Crippen molar-refractivity contribution in [2.24, 2.45) is 4.99 Å². The number of hydrogen-bond donors (Lipinski definition) is 2. The highest BCUT2D eigenvalue weighted by atomic mass is 16.6. The molecule has 7 heteroatoms. The fourth-order valence-corrected chi connectivity index (χ4v) is 2.65. The van der Waals surface area contributed by atoms with Crippen LogP contribution in [0.1, 0.15) is 34.1 Å². The van der Waals surface area contributed by atoms with Gasteiger partial charge in [-0.25, -0.2) is 4.79 Å². The van der Waals surface area contributed by atoms with Crippen molar-refractivity contribution in [2.75, 3.05) is 32.8 Å². The number of piperazine rings is 1. The molecule has 2 atom stereocenters. The second kappa shape index (κ2) is 6.73. The number of amides is 1. The third kappa shape index (κ3) is 4.03. The molecule has 2 N–H and O–H groups in total. The van der Waals surface area contributed by atoms with Gasteiger partial charge in [0, 0.05) is 19.6 Å². The Morgan fingerprint density at radius 3 is 2.82 bits per heavy atom. The van der Waals surface area contributed by atoms with Gasteiger partial charge in [0.1, 0.15) is 5.60 Å². The Morgan fingerprint density at radius 2 is 2.23 bits per heavy atom. The molecular weight excluding hydrogens is 284 g/mol. The second-order valence-corrected chi connectivity index (χ2v) is 6.87. The lowest BCUT2D eigenvalue weighted by Crippen LogP contribution is -2.58.